The number of nitrogens with zero attached hydrogens (tertiary/aromatic N) is 2. The number of rotatable bonds is 2. The van der Waals surface area contributed by atoms with Crippen LogP contribution in [-0.2, 0) is 6.54 Å². The van der Waals surface area contributed by atoms with Crippen LogP contribution in [0.15, 0.2) is 41.3 Å². The summed E-state index contributed by atoms with van der Waals surface area (Å²) in [5.74, 6) is -0.150. The molecule has 0 radical (unpaired) electrons. The molecule has 0 spiro atoms. The Balaban J connectivity index is 2.35. The van der Waals surface area contributed by atoms with Gasteiger partial charge in [-0.1, -0.05) is 6.07 Å². The van der Waals surface area contributed by atoms with Gasteiger partial charge in [0.05, 0.1) is 11.2 Å². The van der Waals surface area contributed by atoms with E-state index < -0.39 is 5.82 Å². The molecule has 6 heteroatoms. The lowest BCUT2D eigenvalue weighted by Gasteiger charge is -2.12. The number of nitrogens with two attached hydrogens (primary N) is 2. The van der Waals surface area contributed by atoms with Crippen LogP contribution in [0.4, 0.5) is 15.9 Å². The van der Waals surface area contributed by atoms with Crippen LogP contribution in [0.5, 0.6) is 0 Å². The second-order valence-electron chi connectivity index (χ2n) is 5.01. The maximum Gasteiger partial charge on any atom is 0.258 e. The minimum atomic E-state index is -0.505. The van der Waals surface area contributed by atoms with Gasteiger partial charge in [0.1, 0.15) is 11.6 Å². The molecule has 0 aliphatic heterocycles. The maximum atomic E-state index is 13.3. The number of aromatic nitrogens is 2. The SMILES string of the molecule is CCn1c(=O)c(-c2ccc(F)c(N)c2)cc2cnc(N)cc21. The van der Waals surface area contributed by atoms with Crippen LogP contribution in [0.2, 0.25) is 0 Å². The molecule has 0 unspecified atom stereocenters. The lowest BCUT2D eigenvalue weighted by molar-refractivity contribution is 0.632. The van der Waals surface area contributed by atoms with Gasteiger partial charge in [-0.3, -0.25) is 4.79 Å². The highest BCUT2D eigenvalue weighted by Crippen LogP contribution is 2.24. The van der Waals surface area contributed by atoms with Crippen LogP contribution >= 0.6 is 0 Å². The number of fused-ring (bicyclic) bond motifs is 1. The maximum absolute atomic E-state index is 13.3. The van der Waals surface area contributed by atoms with Gasteiger partial charge in [0.15, 0.2) is 0 Å². The van der Waals surface area contributed by atoms with E-state index in [0.717, 1.165) is 10.9 Å². The molecule has 0 amide bonds. The number of hydrogen-bond donors (Lipinski definition) is 2. The summed E-state index contributed by atoms with van der Waals surface area (Å²) in [6.45, 7) is 2.36. The summed E-state index contributed by atoms with van der Waals surface area (Å²) in [6.07, 6.45) is 1.62. The van der Waals surface area contributed by atoms with Crippen LogP contribution in [0, 0.1) is 5.82 Å². The van der Waals surface area contributed by atoms with Crippen LogP contribution in [0.1, 0.15) is 6.92 Å². The first-order valence-electron chi connectivity index (χ1n) is 6.85. The van der Waals surface area contributed by atoms with Gasteiger partial charge in [-0.15, -0.1) is 0 Å². The number of benzene rings is 1. The van der Waals surface area contributed by atoms with E-state index in [2.05, 4.69) is 4.98 Å². The Morgan fingerprint density at radius 1 is 1.23 bits per heavy atom. The van der Waals surface area contributed by atoms with E-state index in [1.807, 2.05) is 6.92 Å². The zero-order valence-corrected chi connectivity index (χ0v) is 12.0. The molecule has 3 rings (SSSR count). The normalized spacial score (nSPS) is 11.0. The summed E-state index contributed by atoms with van der Waals surface area (Å²) in [5, 5.41) is 0.786. The van der Waals surface area contributed by atoms with E-state index in [0.29, 0.717) is 23.5 Å². The van der Waals surface area contributed by atoms with Crippen molar-refractivity contribution in [1.82, 2.24) is 9.55 Å². The summed E-state index contributed by atoms with van der Waals surface area (Å²) in [4.78, 5) is 16.7. The van der Waals surface area contributed by atoms with Crippen molar-refractivity contribution in [2.24, 2.45) is 0 Å². The Bertz CT molecular complexity index is 933. The van der Waals surface area contributed by atoms with Crippen molar-refractivity contribution >= 4 is 22.4 Å². The number of hydrogen-bond acceptors (Lipinski definition) is 4. The average molecular weight is 298 g/mol. The van der Waals surface area contributed by atoms with Gasteiger partial charge >= 0.3 is 0 Å². The molecule has 0 atom stereocenters. The van der Waals surface area contributed by atoms with E-state index in [1.54, 1.807) is 29.0 Å². The molecule has 2 aromatic heterocycles. The predicted octanol–water partition coefficient (Wildman–Crippen LogP) is 2.39. The third kappa shape index (κ3) is 2.18. The molecule has 112 valence electrons. The second-order valence-corrected chi connectivity index (χ2v) is 5.01. The minimum Gasteiger partial charge on any atom is -0.396 e. The highest BCUT2D eigenvalue weighted by molar-refractivity contribution is 5.85. The summed E-state index contributed by atoms with van der Waals surface area (Å²) in [5.41, 5.74) is 12.9. The average Bonchev–Trinajstić information content (AvgIpc) is 2.50. The second kappa shape index (κ2) is 5.14. The first-order valence-corrected chi connectivity index (χ1v) is 6.85. The molecular weight excluding hydrogens is 283 g/mol. The molecule has 3 aromatic rings. The Morgan fingerprint density at radius 2 is 2.00 bits per heavy atom. The summed E-state index contributed by atoms with van der Waals surface area (Å²) >= 11 is 0. The van der Waals surface area contributed by atoms with E-state index in [-0.39, 0.29) is 11.2 Å². The molecule has 22 heavy (non-hydrogen) atoms. The largest absolute Gasteiger partial charge is 0.396 e. The van der Waals surface area contributed by atoms with E-state index in [9.17, 15) is 9.18 Å². The van der Waals surface area contributed by atoms with E-state index in [4.69, 9.17) is 11.5 Å². The van der Waals surface area contributed by atoms with Crippen molar-refractivity contribution in [3.63, 3.8) is 0 Å². The number of halogens is 1. The van der Waals surface area contributed by atoms with Crippen molar-refractivity contribution < 1.29 is 4.39 Å². The molecule has 4 N–H and O–H groups in total. The smallest absolute Gasteiger partial charge is 0.258 e. The zero-order valence-electron chi connectivity index (χ0n) is 12.0. The minimum absolute atomic E-state index is 0.00970. The summed E-state index contributed by atoms with van der Waals surface area (Å²) in [7, 11) is 0. The standard InChI is InChI=1S/C16H15FN4O/c1-2-21-14-7-15(19)20-8-10(14)5-11(16(21)22)9-3-4-12(17)13(18)6-9/h3-8H,2,18H2,1H3,(H2,19,20). The van der Waals surface area contributed by atoms with Crippen molar-refractivity contribution in [3.05, 3.63) is 52.7 Å². The van der Waals surface area contributed by atoms with Gasteiger partial charge in [-0.25, -0.2) is 9.37 Å². The first kappa shape index (κ1) is 14.1. The van der Waals surface area contributed by atoms with Crippen molar-refractivity contribution in [2.45, 2.75) is 13.5 Å². The molecular formula is C16H15FN4O. The lowest BCUT2D eigenvalue weighted by Crippen LogP contribution is -2.21. The van der Waals surface area contributed by atoms with Gasteiger partial charge in [0.25, 0.3) is 5.56 Å². The molecule has 2 heterocycles. The third-order valence-corrected chi connectivity index (χ3v) is 3.62. The van der Waals surface area contributed by atoms with Crippen LogP contribution < -0.4 is 17.0 Å². The Labute approximate surface area is 126 Å². The van der Waals surface area contributed by atoms with Crippen LogP contribution in [0.3, 0.4) is 0 Å². The molecule has 0 fully saturated rings. The van der Waals surface area contributed by atoms with Crippen LogP contribution in [-0.4, -0.2) is 9.55 Å². The number of pyridine rings is 2. The quantitative estimate of drug-likeness (QED) is 0.711. The van der Waals surface area contributed by atoms with Crippen LogP contribution in [0.25, 0.3) is 22.0 Å². The van der Waals surface area contributed by atoms with Crippen molar-refractivity contribution in [1.29, 1.82) is 0 Å². The fraction of sp³-hybridized carbons (Fsp3) is 0.125. The number of nitrogen functional groups attached to an aromatic ring is 2. The topological polar surface area (TPSA) is 86.9 Å². The molecule has 5 nitrogen and oxygen atoms in total. The van der Waals surface area contributed by atoms with E-state index >= 15 is 0 Å². The van der Waals surface area contributed by atoms with Gasteiger partial charge in [-0.2, -0.15) is 0 Å². The predicted molar refractivity (Wildman–Crippen MR) is 85.9 cm³/mol. The monoisotopic (exact) mass is 298 g/mol. The van der Waals surface area contributed by atoms with Gasteiger partial charge < -0.3 is 16.0 Å². The zero-order chi connectivity index (χ0) is 15.9. The number of anilines is 2. The fourth-order valence-electron chi connectivity index (χ4n) is 2.52. The molecule has 0 saturated heterocycles. The Morgan fingerprint density at radius 3 is 2.68 bits per heavy atom. The fourth-order valence-corrected chi connectivity index (χ4v) is 2.52. The van der Waals surface area contributed by atoms with Crippen molar-refractivity contribution in [2.75, 3.05) is 11.5 Å². The molecule has 0 bridgehead atoms. The summed E-state index contributed by atoms with van der Waals surface area (Å²) in [6, 6.07) is 7.65. The molecule has 0 aliphatic rings. The third-order valence-electron chi connectivity index (χ3n) is 3.62. The van der Waals surface area contributed by atoms with Gasteiger partial charge in [-0.05, 0) is 30.7 Å². The first-order chi connectivity index (χ1) is 10.5. The number of aryl methyl sites for hydroxylation is 1. The van der Waals surface area contributed by atoms with E-state index in [1.165, 1.54) is 12.1 Å². The van der Waals surface area contributed by atoms with Gasteiger partial charge in [0.2, 0.25) is 0 Å². The Kier molecular flexibility index (Phi) is 3.29. The van der Waals surface area contributed by atoms with Gasteiger partial charge in [0, 0.05) is 29.8 Å². The molecule has 0 aliphatic carbocycles. The van der Waals surface area contributed by atoms with Crippen molar-refractivity contribution in [3.8, 4) is 11.1 Å². The lowest BCUT2D eigenvalue weighted by atomic mass is 10.0. The Hall–Kier alpha value is -2.89. The molecule has 0 saturated carbocycles. The highest BCUT2D eigenvalue weighted by Gasteiger charge is 2.12. The molecule has 1 aromatic carbocycles. The summed E-state index contributed by atoms with van der Waals surface area (Å²) < 4.78 is 14.9. The highest BCUT2D eigenvalue weighted by atomic mass is 19.1.